The molecule has 0 saturated heterocycles. The second-order valence-electron chi connectivity index (χ2n) is 6.49. The summed E-state index contributed by atoms with van der Waals surface area (Å²) in [6.45, 7) is 6.51. The first-order chi connectivity index (χ1) is 11.4. The van der Waals surface area contributed by atoms with Gasteiger partial charge in [0.05, 0.1) is 18.0 Å². The summed E-state index contributed by atoms with van der Waals surface area (Å²) in [6, 6.07) is 9.41. The van der Waals surface area contributed by atoms with Crippen molar-refractivity contribution in [3.8, 4) is 0 Å². The van der Waals surface area contributed by atoms with E-state index < -0.39 is 0 Å². The lowest BCUT2D eigenvalue weighted by Gasteiger charge is -2.40. The van der Waals surface area contributed by atoms with Crippen LogP contribution < -0.4 is 10.3 Å². The number of benzene rings is 1. The van der Waals surface area contributed by atoms with E-state index in [2.05, 4.69) is 61.5 Å². The van der Waals surface area contributed by atoms with Crippen molar-refractivity contribution < 1.29 is 9.21 Å². The molecule has 5 nitrogen and oxygen atoms in total. The van der Waals surface area contributed by atoms with Crippen molar-refractivity contribution in [2.24, 2.45) is 5.10 Å². The zero-order valence-corrected chi connectivity index (χ0v) is 14.3. The van der Waals surface area contributed by atoms with Gasteiger partial charge >= 0.3 is 5.91 Å². The fourth-order valence-corrected chi connectivity index (χ4v) is 2.89. The van der Waals surface area contributed by atoms with E-state index in [1.807, 2.05) is 6.07 Å². The van der Waals surface area contributed by atoms with Gasteiger partial charge in [0, 0.05) is 18.3 Å². The Bertz CT molecular complexity index is 817. The first-order valence-electron chi connectivity index (χ1n) is 7.83. The third-order valence-electron chi connectivity index (χ3n) is 4.37. The molecule has 124 valence electrons. The summed E-state index contributed by atoms with van der Waals surface area (Å²) in [4.78, 5) is 14.0. The molecule has 5 heteroatoms. The van der Waals surface area contributed by atoms with Crippen molar-refractivity contribution in [1.82, 2.24) is 5.43 Å². The van der Waals surface area contributed by atoms with Gasteiger partial charge < -0.3 is 9.32 Å². The summed E-state index contributed by atoms with van der Waals surface area (Å²) < 4.78 is 5.02. The molecule has 3 rings (SSSR count). The standard InChI is InChI=1S/C19H21N3O2/c1-13-11-19(2,3)22(4)16-8-7-14(10-15(13)16)12-20-21-18(23)17-6-5-9-24-17/h5-12H,1-4H3,(H,21,23)/b20-12-. The van der Waals surface area contributed by atoms with Gasteiger partial charge in [-0.3, -0.25) is 4.79 Å². The van der Waals surface area contributed by atoms with Gasteiger partial charge in [-0.15, -0.1) is 0 Å². The van der Waals surface area contributed by atoms with E-state index in [1.54, 1.807) is 18.3 Å². The van der Waals surface area contributed by atoms with Gasteiger partial charge in [0.2, 0.25) is 0 Å². The van der Waals surface area contributed by atoms with E-state index in [0.717, 1.165) is 5.56 Å². The Morgan fingerprint density at radius 3 is 2.83 bits per heavy atom. The Kier molecular flexibility index (Phi) is 4.01. The van der Waals surface area contributed by atoms with Gasteiger partial charge in [0.1, 0.15) is 0 Å². The molecular weight excluding hydrogens is 302 g/mol. The number of rotatable bonds is 3. The quantitative estimate of drug-likeness (QED) is 0.692. The summed E-state index contributed by atoms with van der Waals surface area (Å²) in [5, 5.41) is 4.00. The maximum atomic E-state index is 11.8. The van der Waals surface area contributed by atoms with E-state index >= 15 is 0 Å². The van der Waals surface area contributed by atoms with Crippen LogP contribution >= 0.6 is 0 Å². The van der Waals surface area contributed by atoms with Gasteiger partial charge in [-0.2, -0.15) is 5.10 Å². The maximum absolute atomic E-state index is 11.8. The van der Waals surface area contributed by atoms with Crippen LogP contribution in [0.5, 0.6) is 0 Å². The molecule has 0 radical (unpaired) electrons. The number of hydrogen-bond donors (Lipinski definition) is 1. The van der Waals surface area contributed by atoms with Crippen LogP contribution in [-0.2, 0) is 0 Å². The molecule has 1 aromatic heterocycles. The molecule has 0 unspecified atom stereocenters. The zero-order chi connectivity index (χ0) is 17.3. The number of furan rings is 1. The molecule has 0 atom stereocenters. The molecule has 0 spiro atoms. The number of carbonyl (C=O) groups is 1. The van der Waals surface area contributed by atoms with Crippen molar-refractivity contribution in [3.05, 3.63) is 59.6 Å². The molecule has 2 heterocycles. The monoisotopic (exact) mass is 323 g/mol. The highest BCUT2D eigenvalue weighted by Crippen LogP contribution is 2.37. The van der Waals surface area contributed by atoms with E-state index in [0.29, 0.717) is 0 Å². The normalized spacial score (nSPS) is 16.0. The average molecular weight is 323 g/mol. The van der Waals surface area contributed by atoms with Crippen molar-refractivity contribution in [2.75, 3.05) is 11.9 Å². The minimum absolute atomic E-state index is 0.0102. The predicted octanol–water partition coefficient (Wildman–Crippen LogP) is 3.68. The van der Waals surface area contributed by atoms with Crippen molar-refractivity contribution in [3.63, 3.8) is 0 Å². The lowest BCUT2D eigenvalue weighted by Crippen LogP contribution is -2.42. The molecule has 0 aliphatic carbocycles. The highest BCUT2D eigenvalue weighted by atomic mass is 16.3. The molecule has 0 fully saturated rings. The highest BCUT2D eigenvalue weighted by molar-refractivity contribution is 5.93. The molecule has 1 aliphatic heterocycles. The summed E-state index contributed by atoms with van der Waals surface area (Å²) in [7, 11) is 2.10. The molecule has 0 bridgehead atoms. The number of allylic oxidation sites excluding steroid dienone is 1. The molecular formula is C19H21N3O2. The van der Waals surface area contributed by atoms with Crippen LogP contribution in [0.4, 0.5) is 5.69 Å². The third-order valence-corrected chi connectivity index (χ3v) is 4.37. The van der Waals surface area contributed by atoms with Crippen LogP contribution in [-0.4, -0.2) is 24.7 Å². The van der Waals surface area contributed by atoms with Crippen LogP contribution in [0.15, 0.2) is 52.2 Å². The summed E-state index contributed by atoms with van der Waals surface area (Å²) >= 11 is 0. The maximum Gasteiger partial charge on any atom is 0.307 e. The number of hydrazone groups is 1. The molecule has 24 heavy (non-hydrogen) atoms. The summed E-state index contributed by atoms with van der Waals surface area (Å²) in [6.07, 6.45) is 5.35. The Balaban J connectivity index is 1.78. The van der Waals surface area contributed by atoms with Gasteiger partial charge in [0.15, 0.2) is 5.76 Å². The SMILES string of the molecule is CC1=CC(C)(C)N(C)c2ccc(/C=N\NC(=O)c3ccco3)cc21. The van der Waals surface area contributed by atoms with E-state index in [4.69, 9.17) is 4.42 Å². The van der Waals surface area contributed by atoms with Crippen molar-refractivity contribution in [1.29, 1.82) is 0 Å². The average Bonchev–Trinajstić information content (AvgIpc) is 3.07. The van der Waals surface area contributed by atoms with Crippen LogP contribution in [0.2, 0.25) is 0 Å². The number of fused-ring (bicyclic) bond motifs is 1. The van der Waals surface area contributed by atoms with E-state index in [1.165, 1.54) is 23.1 Å². The first kappa shape index (κ1) is 16.1. The lowest BCUT2D eigenvalue weighted by molar-refractivity contribution is 0.0927. The van der Waals surface area contributed by atoms with Crippen molar-refractivity contribution in [2.45, 2.75) is 26.3 Å². The number of amides is 1. The fraction of sp³-hybridized carbons (Fsp3) is 0.263. The predicted molar refractivity (Wildman–Crippen MR) is 96.3 cm³/mol. The number of hydrogen-bond acceptors (Lipinski definition) is 4. The Hall–Kier alpha value is -2.82. The van der Waals surface area contributed by atoms with E-state index in [-0.39, 0.29) is 17.2 Å². The van der Waals surface area contributed by atoms with Gasteiger partial charge in [-0.05, 0) is 56.2 Å². The van der Waals surface area contributed by atoms with E-state index in [9.17, 15) is 4.79 Å². The zero-order valence-electron chi connectivity index (χ0n) is 14.3. The Morgan fingerprint density at radius 2 is 2.12 bits per heavy atom. The first-order valence-corrected chi connectivity index (χ1v) is 7.83. The summed E-state index contributed by atoms with van der Waals surface area (Å²) in [5.74, 6) is -0.132. The molecule has 2 aromatic rings. The van der Waals surface area contributed by atoms with Crippen LogP contribution in [0, 0.1) is 0 Å². The minimum Gasteiger partial charge on any atom is -0.459 e. The molecule has 1 aromatic carbocycles. The molecule has 1 amide bonds. The molecule has 0 saturated carbocycles. The molecule has 1 aliphatic rings. The number of anilines is 1. The van der Waals surface area contributed by atoms with Crippen LogP contribution in [0.1, 0.15) is 42.5 Å². The van der Waals surface area contributed by atoms with Crippen LogP contribution in [0.25, 0.3) is 5.57 Å². The number of nitrogens with zero attached hydrogens (tertiary/aromatic N) is 2. The van der Waals surface area contributed by atoms with Crippen LogP contribution in [0.3, 0.4) is 0 Å². The smallest absolute Gasteiger partial charge is 0.307 e. The second-order valence-corrected chi connectivity index (χ2v) is 6.49. The number of nitrogens with one attached hydrogen (secondary N) is 1. The number of likely N-dealkylation sites (N-methyl/N-ethyl adjacent to an activating group) is 1. The Morgan fingerprint density at radius 1 is 1.33 bits per heavy atom. The minimum atomic E-state index is -0.369. The van der Waals surface area contributed by atoms with Gasteiger partial charge in [-0.1, -0.05) is 12.1 Å². The van der Waals surface area contributed by atoms with Crippen molar-refractivity contribution >= 4 is 23.4 Å². The lowest BCUT2D eigenvalue weighted by atomic mass is 9.89. The van der Waals surface area contributed by atoms with Gasteiger partial charge in [0.25, 0.3) is 0 Å². The fourth-order valence-electron chi connectivity index (χ4n) is 2.89. The highest BCUT2D eigenvalue weighted by Gasteiger charge is 2.28. The topological polar surface area (TPSA) is 57.8 Å². The second kappa shape index (κ2) is 6.00. The van der Waals surface area contributed by atoms with Gasteiger partial charge in [-0.25, -0.2) is 5.43 Å². The molecule has 1 N–H and O–H groups in total. The number of carbonyl (C=O) groups excluding carboxylic acids is 1. The summed E-state index contributed by atoms with van der Waals surface area (Å²) in [5.41, 5.74) is 6.98. The third kappa shape index (κ3) is 2.97. The Labute approximate surface area is 141 Å². The largest absolute Gasteiger partial charge is 0.459 e.